The van der Waals surface area contributed by atoms with Gasteiger partial charge in [-0.1, -0.05) is 18.2 Å². The zero-order valence-corrected chi connectivity index (χ0v) is 15.7. The molecule has 1 N–H and O–H groups in total. The lowest BCUT2D eigenvalue weighted by molar-refractivity contribution is 0.101. The predicted octanol–water partition coefficient (Wildman–Crippen LogP) is 4.53. The highest BCUT2D eigenvalue weighted by Gasteiger charge is 2.27. The summed E-state index contributed by atoms with van der Waals surface area (Å²) in [5, 5.41) is 4.00. The molecule has 27 heavy (non-hydrogen) atoms. The average Bonchev–Trinajstić information content (AvgIpc) is 3.16. The first-order valence-corrected chi connectivity index (χ1v) is 8.75. The summed E-state index contributed by atoms with van der Waals surface area (Å²) in [5.74, 6) is 1.02. The molecule has 6 heteroatoms. The number of ketones is 1. The van der Waals surface area contributed by atoms with E-state index in [0.717, 1.165) is 18.7 Å². The molecule has 0 amide bonds. The molecule has 0 spiro atoms. The Morgan fingerprint density at radius 1 is 1.04 bits per heavy atom. The van der Waals surface area contributed by atoms with Gasteiger partial charge in [-0.2, -0.15) is 0 Å². The second-order valence-electron chi connectivity index (χ2n) is 5.99. The Balaban J connectivity index is 1.80. The third-order valence-electron chi connectivity index (χ3n) is 4.21. The van der Waals surface area contributed by atoms with Crippen molar-refractivity contribution in [2.45, 2.75) is 13.3 Å². The number of rotatable bonds is 9. The molecule has 0 atom stereocenters. The van der Waals surface area contributed by atoms with Crippen molar-refractivity contribution in [1.29, 1.82) is 0 Å². The molecular weight excluding hydrogens is 346 g/mol. The predicted molar refractivity (Wildman–Crippen MR) is 104 cm³/mol. The van der Waals surface area contributed by atoms with Gasteiger partial charge in [-0.05, 0) is 31.5 Å². The summed E-state index contributed by atoms with van der Waals surface area (Å²) in [6.45, 7) is 2.63. The number of anilines is 1. The van der Waals surface area contributed by atoms with Crippen LogP contribution in [0, 0.1) is 0 Å². The average molecular weight is 369 g/mol. The highest BCUT2D eigenvalue weighted by atomic mass is 16.5. The fraction of sp³-hybridized carbons (Fsp3) is 0.286. The molecule has 1 aromatic heterocycles. The van der Waals surface area contributed by atoms with Gasteiger partial charge in [-0.3, -0.25) is 4.79 Å². The number of nitrogens with one attached hydrogen (secondary N) is 1. The summed E-state index contributed by atoms with van der Waals surface area (Å²) < 4.78 is 22.5. The molecule has 0 aliphatic carbocycles. The number of carbonyl (C=O) groups excluding carboxylic acids is 1. The smallest absolute Gasteiger partial charge is 0.205 e. The molecule has 0 radical (unpaired) electrons. The van der Waals surface area contributed by atoms with E-state index in [1.54, 1.807) is 6.07 Å². The summed E-state index contributed by atoms with van der Waals surface area (Å²) in [6.07, 6.45) is 2.28. The van der Waals surface area contributed by atoms with Gasteiger partial charge < -0.3 is 23.9 Å². The molecular formula is C21H23NO5. The standard InChI is InChI=1S/C21H23NO5/c1-14(23)17-18(24-2)16-10-13-27-19(16)21(25-3)20(17)26-12-7-11-22-15-8-5-4-6-9-15/h4-6,8-10,13,22H,7,11-12H2,1-3H3. The number of fused-ring (bicyclic) bond motifs is 1. The quantitative estimate of drug-likeness (QED) is 0.441. The molecule has 6 nitrogen and oxygen atoms in total. The first-order chi connectivity index (χ1) is 13.2. The van der Waals surface area contributed by atoms with Crippen molar-refractivity contribution in [3.8, 4) is 17.2 Å². The van der Waals surface area contributed by atoms with E-state index in [2.05, 4.69) is 5.32 Å². The minimum absolute atomic E-state index is 0.161. The molecule has 3 rings (SSSR count). The summed E-state index contributed by atoms with van der Waals surface area (Å²) in [6, 6.07) is 11.7. The van der Waals surface area contributed by atoms with Crippen molar-refractivity contribution >= 4 is 22.4 Å². The van der Waals surface area contributed by atoms with Gasteiger partial charge in [0.05, 0.1) is 32.5 Å². The van der Waals surface area contributed by atoms with E-state index in [9.17, 15) is 4.79 Å². The zero-order chi connectivity index (χ0) is 19.2. The topological polar surface area (TPSA) is 69.9 Å². The highest BCUT2D eigenvalue weighted by molar-refractivity contribution is 6.08. The molecule has 0 fully saturated rings. The summed E-state index contributed by atoms with van der Waals surface area (Å²) >= 11 is 0. The van der Waals surface area contributed by atoms with Crippen molar-refractivity contribution < 1.29 is 23.4 Å². The Labute approximate surface area is 158 Å². The molecule has 0 aliphatic heterocycles. The van der Waals surface area contributed by atoms with Gasteiger partial charge in [0.15, 0.2) is 17.1 Å². The van der Waals surface area contributed by atoms with E-state index in [1.807, 2.05) is 30.3 Å². The minimum atomic E-state index is -0.161. The SMILES string of the molecule is COc1c(C(C)=O)c(OCCCNc2ccccc2)c(OC)c2occc12. The second-order valence-corrected chi connectivity index (χ2v) is 5.99. The third-order valence-corrected chi connectivity index (χ3v) is 4.21. The van der Waals surface area contributed by atoms with Gasteiger partial charge in [0.1, 0.15) is 11.3 Å². The summed E-state index contributed by atoms with van der Waals surface area (Å²) in [4.78, 5) is 12.3. The van der Waals surface area contributed by atoms with Gasteiger partial charge in [0.25, 0.3) is 0 Å². The number of carbonyl (C=O) groups is 1. The maximum absolute atomic E-state index is 12.3. The fourth-order valence-corrected chi connectivity index (χ4v) is 3.01. The van der Waals surface area contributed by atoms with Crippen LogP contribution < -0.4 is 19.5 Å². The molecule has 0 saturated heterocycles. The van der Waals surface area contributed by atoms with Crippen LogP contribution in [-0.2, 0) is 0 Å². The number of hydrogen-bond donors (Lipinski definition) is 1. The Hall–Kier alpha value is -3.15. The van der Waals surface area contributed by atoms with Crippen LogP contribution in [0.25, 0.3) is 11.0 Å². The largest absolute Gasteiger partial charge is 0.495 e. The Kier molecular flexibility index (Phi) is 5.86. The van der Waals surface area contributed by atoms with Crippen LogP contribution in [0.3, 0.4) is 0 Å². The number of ether oxygens (including phenoxy) is 3. The summed E-state index contributed by atoms with van der Waals surface area (Å²) in [7, 11) is 3.05. The summed E-state index contributed by atoms with van der Waals surface area (Å²) in [5.41, 5.74) is 1.91. The molecule has 2 aromatic carbocycles. The van der Waals surface area contributed by atoms with Gasteiger partial charge >= 0.3 is 0 Å². The van der Waals surface area contributed by atoms with Crippen LogP contribution in [0.1, 0.15) is 23.7 Å². The monoisotopic (exact) mass is 369 g/mol. The number of Topliss-reactive ketones (excluding diaryl/α,β-unsaturated/α-hetero) is 1. The van der Waals surface area contributed by atoms with Gasteiger partial charge in [0, 0.05) is 12.2 Å². The maximum atomic E-state index is 12.3. The maximum Gasteiger partial charge on any atom is 0.205 e. The van der Waals surface area contributed by atoms with Crippen molar-refractivity contribution in [3.63, 3.8) is 0 Å². The first kappa shape index (κ1) is 18.6. The van der Waals surface area contributed by atoms with Crippen molar-refractivity contribution in [2.75, 3.05) is 32.7 Å². The molecule has 1 heterocycles. The van der Waals surface area contributed by atoms with E-state index in [4.69, 9.17) is 18.6 Å². The van der Waals surface area contributed by atoms with Crippen LogP contribution >= 0.6 is 0 Å². The van der Waals surface area contributed by atoms with Gasteiger partial charge in [-0.15, -0.1) is 0 Å². The van der Waals surface area contributed by atoms with E-state index in [0.29, 0.717) is 40.4 Å². The third kappa shape index (κ3) is 3.84. The van der Waals surface area contributed by atoms with Gasteiger partial charge in [0.2, 0.25) is 5.75 Å². The molecule has 0 bridgehead atoms. The van der Waals surface area contributed by atoms with Crippen molar-refractivity contribution in [1.82, 2.24) is 0 Å². The number of methoxy groups -OCH3 is 2. The first-order valence-electron chi connectivity index (χ1n) is 8.75. The Morgan fingerprint density at radius 3 is 2.44 bits per heavy atom. The molecule has 0 unspecified atom stereocenters. The zero-order valence-electron chi connectivity index (χ0n) is 15.7. The molecule has 142 valence electrons. The highest BCUT2D eigenvalue weighted by Crippen LogP contribution is 2.46. The number of hydrogen-bond acceptors (Lipinski definition) is 6. The molecule has 3 aromatic rings. The van der Waals surface area contributed by atoms with E-state index in [-0.39, 0.29) is 5.78 Å². The van der Waals surface area contributed by atoms with Gasteiger partial charge in [-0.25, -0.2) is 0 Å². The van der Waals surface area contributed by atoms with Crippen LogP contribution in [-0.4, -0.2) is 33.2 Å². The van der Waals surface area contributed by atoms with E-state index < -0.39 is 0 Å². The number of benzene rings is 2. The second kappa shape index (κ2) is 8.49. The van der Waals surface area contributed by atoms with Crippen LogP contribution in [0.2, 0.25) is 0 Å². The minimum Gasteiger partial charge on any atom is -0.495 e. The van der Waals surface area contributed by atoms with Crippen LogP contribution in [0.4, 0.5) is 5.69 Å². The molecule has 0 saturated carbocycles. The Morgan fingerprint density at radius 2 is 1.78 bits per heavy atom. The van der Waals surface area contributed by atoms with Crippen LogP contribution in [0.15, 0.2) is 47.1 Å². The Bertz CT molecular complexity index is 917. The van der Waals surface area contributed by atoms with Crippen LogP contribution in [0.5, 0.6) is 17.2 Å². The molecule has 0 aliphatic rings. The number of furan rings is 1. The lowest BCUT2D eigenvalue weighted by Gasteiger charge is -2.17. The normalized spacial score (nSPS) is 10.6. The van der Waals surface area contributed by atoms with E-state index in [1.165, 1.54) is 27.4 Å². The fourth-order valence-electron chi connectivity index (χ4n) is 3.01. The van der Waals surface area contributed by atoms with E-state index >= 15 is 0 Å². The number of para-hydroxylation sites is 1. The van der Waals surface area contributed by atoms with Crippen molar-refractivity contribution in [2.24, 2.45) is 0 Å². The van der Waals surface area contributed by atoms with Crippen molar-refractivity contribution in [3.05, 3.63) is 48.2 Å². The lowest BCUT2D eigenvalue weighted by atomic mass is 10.0. The lowest BCUT2D eigenvalue weighted by Crippen LogP contribution is -2.10.